The highest BCUT2D eigenvalue weighted by molar-refractivity contribution is 6.10. The molecule has 0 aliphatic rings. The minimum absolute atomic E-state index is 0.554. The van der Waals surface area contributed by atoms with Crippen LogP contribution in [0.5, 0.6) is 0 Å². The molecular weight excluding hydrogens is 222 g/mol. The second kappa shape index (κ2) is 5.82. The van der Waals surface area contributed by atoms with Crippen LogP contribution < -0.4 is 0 Å². The molecule has 0 aliphatic heterocycles. The van der Waals surface area contributed by atoms with Gasteiger partial charge in [-0.15, -0.1) is 0 Å². The summed E-state index contributed by atoms with van der Waals surface area (Å²) in [6, 6.07) is 17.8. The Bertz CT molecular complexity index is 553. The highest BCUT2D eigenvalue weighted by Crippen LogP contribution is 2.08. The smallest absolute Gasteiger partial charge is 0.109 e. The van der Waals surface area contributed by atoms with E-state index >= 15 is 0 Å². The molecule has 0 bridgehead atoms. The Morgan fingerprint density at radius 2 is 1.67 bits per heavy atom. The molecule has 0 amide bonds. The van der Waals surface area contributed by atoms with Crippen LogP contribution in [-0.4, -0.2) is 10.9 Å². The zero-order valence-electron chi connectivity index (χ0n) is 10.2. The van der Waals surface area contributed by atoms with Crippen molar-refractivity contribution >= 4 is 11.8 Å². The van der Waals surface area contributed by atoms with Gasteiger partial charge in [0, 0.05) is 5.56 Å². The summed E-state index contributed by atoms with van der Waals surface area (Å²) in [6.07, 6.45) is 3.73. The van der Waals surface area contributed by atoms with Gasteiger partial charge < -0.3 is 5.21 Å². The Balaban J connectivity index is 2.21. The summed E-state index contributed by atoms with van der Waals surface area (Å²) in [5.74, 6) is 0. The lowest BCUT2D eigenvalue weighted by Crippen LogP contribution is -1.96. The minimum atomic E-state index is 0.554. The van der Waals surface area contributed by atoms with E-state index in [9.17, 15) is 0 Å². The molecule has 0 saturated carbocycles. The fraction of sp³-hybridized carbons (Fsp3) is 0.0625. The van der Waals surface area contributed by atoms with Crippen molar-refractivity contribution in [1.82, 2.24) is 0 Å². The summed E-state index contributed by atoms with van der Waals surface area (Å²) in [7, 11) is 0. The predicted molar refractivity (Wildman–Crippen MR) is 75.0 cm³/mol. The van der Waals surface area contributed by atoms with Crippen molar-refractivity contribution < 1.29 is 5.21 Å². The van der Waals surface area contributed by atoms with Gasteiger partial charge in [-0.25, -0.2) is 0 Å². The maximum absolute atomic E-state index is 9.06. The van der Waals surface area contributed by atoms with E-state index in [0.29, 0.717) is 5.71 Å². The normalized spacial score (nSPS) is 11.9. The highest BCUT2D eigenvalue weighted by Gasteiger charge is 1.99. The molecule has 0 atom stereocenters. The minimum Gasteiger partial charge on any atom is -0.410 e. The quantitative estimate of drug-likeness (QED) is 0.490. The van der Waals surface area contributed by atoms with Crippen molar-refractivity contribution in [3.63, 3.8) is 0 Å². The van der Waals surface area contributed by atoms with E-state index in [2.05, 4.69) is 5.16 Å². The zero-order chi connectivity index (χ0) is 12.8. The van der Waals surface area contributed by atoms with Crippen LogP contribution >= 0.6 is 0 Å². The fourth-order valence-corrected chi connectivity index (χ4v) is 1.65. The Morgan fingerprint density at radius 1 is 1.00 bits per heavy atom. The molecule has 2 rings (SSSR count). The van der Waals surface area contributed by atoms with Crippen molar-refractivity contribution in [2.24, 2.45) is 5.16 Å². The maximum Gasteiger partial charge on any atom is 0.109 e. The van der Waals surface area contributed by atoms with Crippen LogP contribution in [0, 0.1) is 6.92 Å². The third-order valence-corrected chi connectivity index (χ3v) is 2.69. The van der Waals surface area contributed by atoms with E-state index in [4.69, 9.17) is 5.21 Å². The number of hydrogen-bond donors (Lipinski definition) is 1. The molecule has 2 nitrogen and oxygen atoms in total. The van der Waals surface area contributed by atoms with Crippen molar-refractivity contribution in [2.75, 3.05) is 0 Å². The Kier molecular flexibility index (Phi) is 3.92. The Hall–Kier alpha value is -2.35. The number of aryl methyl sites for hydroxylation is 1. The van der Waals surface area contributed by atoms with Crippen molar-refractivity contribution in [1.29, 1.82) is 0 Å². The first-order valence-corrected chi connectivity index (χ1v) is 5.82. The molecule has 0 heterocycles. The van der Waals surface area contributed by atoms with Crippen molar-refractivity contribution in [3.8, 4) is 0 Å². The Morgan fingerprint density at radius 3 is 2.28 bits per heavy atom. The summed E-state index contributed by atoms with van der Waals surface area (Å²) in [6.45, 7) is 2.03. The summed E-state index contributed by atoms with van der Waals surface area (Å²) < 4.78 is 0. The van der Waals surface area contributed by atoms with Crippen LogP contribution in [0.2, 0.25) is 0 Å². The van der Waals surface area contributed by atoms with E-state index in [1.807, 2.05) is 67.6 Å². The van der Waals surface area contributed by atoms with Crippen LogP contribution in [-0.2, 0) is 0 Å². The first kappa shape index (κ1) is 12.1. The van der Waals surface area contributed by atoms with Gasteiger partial charge in [-0.05, 0) is 18.6 Å². The van der Waals surface area contributed by atoms with Crippen LogP contribution in [0.1, 0.15) is 16.7 Å². The molecule has 0 spiro atoms. The molecule has 0 aromatic heterocycles. The summed E-state index contributed by atoms with van der Waals surface area (Å²) in [5.41, 5.74) is 3.71. The zero-order valence-corrected chi connectivity index (χ0v) is 10.2. The highest BCUT2D eigenvalue weighted by atomic mass is 16.4. The van der Waals surface area contributed by atoms with Crippen LogP contribution in [0.15, 0.2) is 65.8 Å². The number of nitrogens with zero attached hydrogens (tertiary/aromatic N) is 1. The SMILES string of the molecule is Cc1ccc(C(/C=C/c2ccccc2)=N/O)cc1. The van der Waals surface area contributed by atoms with Gasteiger partial charge in [0.2, 0.25) is 0 Å². The molecule has 0 aliphatic carbocycles. The number of allylic oxidation sites excluding steroid dienone is 1. The molecular formula is C16H15NO. The largest absolute Gasteiger partial charge is 0.410 e. The van der Waals surface area contributed by atoms with Gasteiger partial charge in [-0.3, -0.25) is 0 Å². The lowest BCUT2D eigenvalue weighted by molar-refractivity contribution is 0.320. The number of rotatable bonds is 3. The van der Waals surface area contributed by atoms with Crippen molar-refractivity contribution in [3.05, 3.63) is 77.4 Å². The molecule has 0 saturated heterocycles. The maximum atomic E-state index is 9.06. The monoisotopic (exact) mass is 237 g/mol. The van der Waals surface area contributed by atoms with Gasteiger partial charge in [0.25, 0.3) is 0 Å². The molecule has 0 radical (unpaired) electrons. The first-order valence-electron chi connectivity index (χ1n) is 5.82. The fourth-order valence-electron chi connectivity index (χ4n) is 1.65. The van der Waals surface area contributed by atoms with Crippen molar-refractivity contribution in [2.45, 2.75) is 6.92 Å². The molecule has 2 aromatic rings. The van der Waals surface area contributed by atoms with Crippen LogP contribution in [0.3, 0.4) is 0 Å². The number of oxime groups is 1. The van der Waals surface area contributed by atoms with Gasteiger partial charge in [0.1, 0.15) is 5.71 Å². The lowest BCUT2D eigenvalue weighted by Gasteiger charge is -2.00. The van der Waals surface area contributed by atoms with Gasteiger partial charge in [0.05, 0.1) is 0 Å². The van der Waals surface area contributed by atoms with E-state index < -0.39 is 0 Å². The molecule has 2 heteroatoms. The topological polar surface area (TPSA) is 32.6 Å². The van der Waals surface area contributed by atoms with Gasteiger partial charge >= 0.3 is 0 Å². The summed E-state index contributed by atoms with van der Waals surface area (Å²) >= 11 is 0. The van der Waals surface area contributed by atoms with Crippen LogP contribution in [0.25, 0.3) is 6.08 Å². The second-order valence-corrected chi connectivity index (χ2v) is 4.10. The molecule has 0 unspecified atom stereocenters. The number of benzene rings is 2. The average molecular weight is 237 g/mol. The van der Waals surface area contributed by atoms with E-state index in [-0.39, 0.29) is 0 Å². The third kappa shape index (κ3) is 3.08. The molecule has 18 heavy (non-hydrogen) atoms. The predicted octanol–water partition coefficient (Wildman–Crippen LogP) is 3.89. The molecule has 90 valence electrons. The first-order chi connectivity index (χ1) is 8.79. The van der Waals surface area contributed by atoms with E-state index in [1.54, 1.807) is 6.08 Å². The molecule has 0 fully saturated rings. The van der Waals surface area contributed by atoms with Crippen LogP contribution in [0.4, 0.5) is 0 Å². The average Bonchev–Trinajstić information content (AvgIpc) is 2.42. The van der Waals surface area contributed by atoms with Gasteiger partial charge in [-0.1, -0.05) is 71.4 Å². The second-order valence-electron chi connectivity index (χ2n) is 4.10. The lowest BCUT2D eigenvalue weighted by atomic mass is 10.1. The molecule has 1 N–H and O–H groups in total. The molecule has 2 aromatic carbocycles. The summed E-state index contributed by atoms with van der Waals surface area (Å²) in [5, 5.41) is 12.4. The van der Waals surface area contributed by atoms with E-state index in [1.165, 1.54) is 5.56 Å². The number of hydrogen-bond acceptors (Lipinski definition) is 2. The summed E-state index contributed by atoms with van der Waals surface area (Å²) in [4.78, 5) is 0. The van der Waals surface area contributed by atoms with Gasteiger partial charge in [0.15, 0.2) is 0 Å². The standard InChI is InChI=1S/C16H15NO/c1-13-7-10-15(11-8-13)16(17-18)12-9-14-5-3-2-4-6-14/h2-12,18H,1H3/b12-9+,17-16+. The van der Waals surface area contributed by atoms with Gasteiger partial charge in [-0.2, -0.15) is 0 Å². The third-order valence-electron chi connectivity index (χ3n) is 2.69. The van der Waals surface area contributed by atoms with E-state index in [0.717, 1.165) is 11.1 Å². The Labute approximate surface area is 107 Å².